The summed E-state index contributed by atoms with van der Waals surface area (Å²) >= 11 is 5.48. The van der Waals surface area contributed by atoms with Crippen molar-refractivity contribution in [2.24, 2.45) is 0 Å². The second kappa shape index (κ2) is 3.86. The maximum absolute atomic E-state index is 13.3. The lowest BCUT2D eigenvalue weighted by Crippen LogP contribution is -2.22. The van der Waals surface area contributed by atoms with Gasteiger partial charge in [0.15, 0.2) is 5.82 Å². The molecule has 2 aromatic heterocycles. The highest BCUT2D eigenvalue weighted by atomic mass is 35.5. The second-order valence-electron chi connectivity index (χ2n) is 2.84. The monoisotopic (exact) mass is 242 g/mol. The van der Waals surface area contributed by atoms with Crippen LogP contribution in [0.15, 0.2) is 21.9 Å². The van der Waals surface area contributed by atoms with Gasteiger partial charge in [-0.15, -0.1) is 0 Å². The number of hydrogen-bond acceptors (Lipinski definition) is 4. The molecule has 0 unspecified atom stereocenters. The Morgan fingerprint density at radius 3 is 2.75 bits per heavy atom. The lowest BCUT2D eigenvalue weighted by molar-refractivity contribution is 0.617. The van der Waals surface area contributed by atoms with Gasteiger partial charge in [0.05, 0.1) is 11.9 Å². The fourth-order valence-corrected chi connectivity index (χ4v) is 1.26. The van der Waals surface area contributed by atoms with Gasteiger partial charge < -0.3 is 4.98 Å². The van der Waals surface area contributed by atoms with E-state index in [1.54, 1.807) is 0 Å². The average Bonchev–Trinajstić information content (AvgIpc) is 2.20. The van der Waals surface area contributed by atoms with Crippen molar-refractivity contribution >= 4 is 11.6 Å². The maximum Gasteiger partial charge on any atom is 0.326 e. The van der Waals surface area contributed by atoms with Crippen LogP contribution in [0.25, 0.3) is 11.4 Å². The van der Waals surface area contributed by atoms with E-state index in [2.05, 4.69) is 15.0 Å². The molecule has 82 valence electrons. The van der Waals surface area contributed by atoms with Crippen LogP contribution in [0.5, 0.6) is 0 Å². The van der Waals surface area contributed by atoms with Gasteiger partial charge in [0.1, 0.15) is 5.69 Å². The van der Waals surface area contributed by atoms with Crippen LogP contribution in [0.3, 0.4) is 0 Å². The first-order valence-electron chi connectivity index (χ1n) is 4.08. The number of rotatable bonds is 1. The summed E-state index contributed by atoms with van der Waals surface area (Å²) in [5, 5.41) is -0.183. The average molecular weight is 243 g/mol. The molecule has 2 heterocycles. The van der Waals surface area contributed by atoms with Crippen molar-refractivity contribution in [3.8, 4) is 11.4 Å². The van der Waals surface area contributed by atoms with Crippen molar-refractivity contribution < 1.29 is 4.39 Å². The van der Waals surface area contributed by atoms with Gasteiger partial charge in [-0.1, -0.05) is 0 Å². The number of halogens is 2. The Labute approximate surface area is 92.2 Å². The van der Waals surface area contributed by atoms with E-state index in [1.807, 2.05) is 4.98 Å². The van der Waals surface area contributed by atoms with Crippen LogP contribution in [0.4, 0.5) is 4.39 Å². The van der Waals surface area contributed by atoms with E-state index in [-0.39, 0.29) is 16.7 Å². The third-order valence-electron chi connectivity index (χ3n) is 1.73. The molecule has 2 aromatic rings. The van der Waals surface area contributed by atoms with E-state index >= 15 is 0 Å². The fraction of sp³-hybridized carbons (Fsp3) is 0. The third kappa shape index (κ3) is 1.98. The van der Waals surface area contributed by atoms with Crippen molar-refractivity contribution in [1.29, 1.82) is 0 Å². The number of nitrogens with one attached hydrogen (secondary N) is 2. The van der Waals surface area contributed by atoms with Crippen molar-refractivity contribution in [3.63, 3.8) is 0 Å². The van der Waals surface area contributed by atoms with Crippen LogP contribution >= 0.6 is 11.6 Å². The highest BCUT2D eigenvalue weighted by molar-refractivity contribution is 6.28. The standard InChI is InChI=1S/C8H4ClFN4O2/c9-7-11-2-3(10)6(14-7)4-1-5(15)13-8(16)12-4/h1-2H,(H2,12,13,15,16). The SMILES string of the molecule is O=c1cc(-c2nc(Cl)ncc2F)[nH]c(=O)[nH]1. The molecule has 0 bridgehead atoms. The van der Waals surface area contributed by atoms with Crippen molar-refractivity contribution in [3.05, 3.63) is 44.2 Å². The van der Waals surface area contributed by atoms with E-state index in [0.29, 0.717) is 0 Å². The summed E-state index contributed by atoms with van der Waals surface area (Å²) < 4.78 is 13.3. The number of nitrogens with zero attached hydrogens (tertiary/aromatic N) is 2. The van der Waals surface area contributed by atoms with Crippen LogP contribution in [0.1, 0.15) is 0 Å². The normalized spacial score (nSPS) is 10.4. The molecular weight excluding hydrogens is 239 g/mol. The van der Waals surface area contributed by atoms with Crippen molar-refractivity contribution in [2.45, 2.75) is 0 Å². The number of aromatic nitrogens is 4. The van der Waals surface area contributed by atoms with Gasteiger partial charge in [-0.25, -0.2) is 19.2 Å². The van der Waals surface area contributed by atoms with Crippen LogP contribution in [0, 0.1) is 5.82 Å². The lowest BCUT2D eigenvalue weighted by atomic mass is 10.3. The lowest BCUT2D eigenvalue weighted by Gasteiger charge is -2.00. The first-order chi connectivity index (χ1) is 7.56. The Kier molecular flexibility index (Phi) is 2.53. The van der Waals surface area contributed by atoms with Gasteiger partial charge in [0.25, 0.3) is 5.56 Å². The summed E-state index contributed by atoms with van der Waals surface area (Å²) in [4.78, 5) is 33.2. The van der Waals surface area contributed by atoms with Gasteiger partial charge in [0.2, 0.25) is 5.28 Å². The van der Waals surface area contributed by atoms with E-state index in [9.17, 15) is 14.0 Å². The predicted molar refractivity (Wildman–Crippen MR) is 53.7 cm³/mol. The molecule has 0 aliphatic heterocycles. The van der Waals surface area contributed by atoms with Crippen LogP contribution in [-0.4, -0.2) is 19.9 Å². The van der Waals surface area contributed by atoms with Gasteiger partial charge in [-0.2, -0.15) is 0 Å². The molecule has 0 radical (unpaired) electrons. The Morgan fingerprint density at radius 2 is 2.06 bits per heavy atom. The zero-order valence-corrected chi connectivity index (χ0v) is 8.38. The van der Waals surface area contributed by atoms with Crippen LogP contribution < -0.4 is 11.2 Å². The Bertz CT molecular complexity index is 623. The van der Waals surface area contributed by atoms with Crippen molar-refractivity contribution in [1.82, 2.24) is 19.9 Å². The first kappa shape index (κ1) is 10.5. The molecule has 0 saturated heterocycles. The minimum atomic E-state index is -0.786. The van der Waals surface area contributed by atoms with E-state index < -0.39 is 17.1 Å². The number of H-pyrrole nitrogens is 2. The minimum absolute atomic E-state index is 0.0597. The molecule has 0 aliphatic carbocycles. The molecule has 16 heavy (non-hydrogen) atoms. The quantitative estimate of drug-likeness (QED) is 0.704. The van der Waals surface area contributed by atoms with E-state index in [4.69, 9.17) is 11.6 Å². The minimum Gasteiger partial charge on any atom is -0.305 e. The predicted octanol–water partition coefficient (Wildman–Crippen LogP) is 0.313. The van der Waals surface area contributed by atoms with Crippen LogP contribution in [0.2, 0.25) is 5.28 Å². The summed E-state index contributed by atoms with van der Waals surface area (Å²) in [7, 11) is 0. The molecule has 0 atom stereocenters. The summed E-state index contributed by atoms with van der Waals surface area (Å²) in [5.74, 6) is -0.786. The smallest absolute Gasteiger partial charge is 0.305 e. The highest BCUT2D eigenvalue weighted by Gasteiger charge is 2.10. The Hall–Kier alpha value is -2.02. The largest absolute Gasteiger partial charge is 0.326 e. The van der Waals surface area contributed by atoms with E-state index in [1.165, 1.54) is 0 Å². The molecule has 0 saturated carbocycles. The third-order valence-corrected chi connectivity index (χ3v) is 1.91. The summed E-state index contributed by atoms with van der Waals surface area (Å²) in [6, 6.07) is 1.00. The summed E-state index contributed by atoms with van der Waals surface area (Å²) in [6.07, 6.45) is 0.851. The molecular formula is C8H4ClFN4O2. The Balaban J connectivity index is 2.71. The zero-order chi connectivity index (χ0) is 11.7. The molecule has 0 aromatic carbocycles. The fourth-order valence-electron chi connectivity index (χ4n) is 1.13. The van der Waals surface area contributed by atoms with Gasteiger partial charge in [0, 0.05) is 6.07 Å². The summed E-state index contributed by atoms with van der Waals surface area (Å²) in [6.45, 7) is 0. The molecule has 8 heteroatoms. The van der Waals surface area contributed by atoms with Crippen LogP contribution in [-0.2, 0) is 0 Å². The molecule has 0 spiro atoms. The molecule has 0 fully saturated rings. The van der Waals surface area contributed by atoms with E-state index in [0.717, 1.165) is 12.3 Å². The molecule has 0 amide bonds. The molecule has 2 N–H and O–H groups in total. The number of hydrogen-bond donors (Lipinski definition) is 2. The van der Waals surface area contributed by atoms with Gasteiger partial charge >= 0.3 is 5.69 Å². The van der Waals surface area contributed by atoms with Gasteiger partial charge in [-0.3, -0.25) is 9.78 Å². The maximum atomic E-state index is 13.3. The highest BCUT2D eigenvalue weighted by Crippen LogP contribution is 2.16. The second-order valence-corrected chi connectivity index (χ2v) is 3.18. The van der Waals surface area contributed by atoms with Gasteiger partial charge in [-0.05, 0) is 11.6 Å². The molecule has 2 rings (SSSR count). The molecule has 0 aliphatic rings. The number of aromatic amines is 2. The first-order valence-corrected chi connectivity index (χ1v) is 4.46. The summed E-state index contributed by atoms with van der Waals surface area (Å²) in [5.41, 5.74) is -1.71. The zero-order valence-electron chi connectivity index (χ0n) is 7.62. The van der Waals surface area contributed by atoms with Crippen molar-refractivity contribution in [2.75, 3.05) is 0 Å². The molecule has 6 nitrogen and oxygen atoms in total. The Morgan fingerprint density at radius 1 is 1.31 bits per heavy atom. The topological polar surface area (TPSA) is 91.5 Å².